The van der Waals surface area contributed by atoms with Crippen LogP contribution in [0.3, 0.4) is 0 Å². The number of anilines is 1. The fourth-order valence-electron chi connectivity index (χ4n) is 3.64. The number of nitrogens with zero attached hydrogens (tertiary/aromatic N) is 5. The maximum Gasteiger partial charge on any atom is 0.220 e. The van der Waals surface area contributed by atoms with Crippen LogP contribution in [0, 0.1) is 6.92 Å². The molecule has 0 atom stereocenters. The summed E-state index contributed by atoms with van der Waals surface area (Å²) < 4.78 is 8.66. The van der Waals surface area contributed by atoms with Crippen LogP contribution in [0.1, 0.15) is 37.7 Å². The lowest BCUT2D eigenvalue weighted by Crippen LogP contribution is -2.58. The number of nitrogens with two attached hydrogens (primary N) is 2. The summed E-state index contributed by atoms with van der Waals surface area (Å²) in [5.74, 6) is 0.680. The van der Waals surface area contributed by atoms with E-state index in [1.807, 2.05) is 12.1 Å². The zero-order chi connectivity index (χ0) is 16.0. The largest absolute Gasteiger partial charge is 0.369 e. The molecule has 1 aliphatic heterocycles. The van der Waals surface area contributed by atoms with Gasteiger partial charge in [0.15, 0.2) is 0 Å². The minimum atomic E-state index is -0.421. The van der Waals surface area contributed by atoms with Crippen LogP contribution in [0.15, 0.2) is 22.1 Å². The summed E-state index contributed by atoms with van der Waals surface area (Å²) in [5.41, 5.74) is 15.6. The van der Waals surface area contributed by atoms with Gasteiger partial charge >= 0.3 is 0 Å². The summed E-state index contributed by atoms with van der Waals surface area (Å²) in [6.45, 7) is 2.06. The second kappa shape index (κ2) is 5.16. The van der Waals surface area contributed by atoms with Gasteiger partial charge in [0.25, 0.3) is 0 Å². The Kier molecular flexibility index (Phi) is 3.22. The molecule has 1 fully saturated rings. The van der Waals surface area contributed by atoms with E-state index in [2.05, 4.69) is 25.6 Å². The Morgan fingerprint density at radius 3 is 2.52 bits per heavy atom. The van der Waals surface area contributed by atoms with Gasteiger partial charge in [-0.25, -0.2) is 4.99 Å². The summed E-state index contributed by atoms with van der Waals surface area (Å²) >= 11 is 1.22. The Balaban J connectivity index is 1.89. The fourth-order valence-corrected chi connectivity index (χ4v) is 4.14. The molecule has 8 heteroatoms. The molecule has 23 heavy (non-hydrogen) atoms. The van der Waals surface area contributed by atoms with E-state index in [0.29, 0.717) is 5.96 Å². The maximum absolute atomic E-state index is 6.28. The van der Waals surface area contributed by atoms with Gasteiger partial charge in [0.05, 0.1) is 17.4 Å². The highest BCUT2D eigenvalue weighted by molar-refractivity contribution is 7.00. The van der Waals surface area contributed by atoms with Crippen LogP contribution in [0.5, 0.6) is 0 Å². The molecule has 4 rings (SSSR count). The molecule has 0 unspecified atom stereocenters. The molecule has 1 aromatic heterocycles. The van der Waals surface area contributed by atoms with Gasteiger partial charge in [-0.05, 0) is 50.3 Å². The SMILES string of the molecule is Cc1cc2nsnc2cc1N1C(N)=NC(N)=NC12CCCCC2. The highest BCUT2D eigenvalue weighted by Crippen LogP contribution is 2.41. The third kappa shape index (κ3) is 2.24. The summed E-state index contributed by atoms with van der Waals surface area (Å²) in [7, 11) is 0. The zero-order valence-electron chi connectivity index (χ0n) is 13.0. The van der Waals surface area contributed by atoms with Crippen molar-refractivity contribution in [3.8, 4) is 0 Å². The van der Waals surface area contributed by atoms with Gasteiger partial charge in [-0.15, -0.1) is 0 Å². The molecule has 1 spiro atoms. The van der Waals surface area contributed by atoms with E-state index in [1.165, 1.54) is 18.1 Å². The first-order chi connectivity index (χ1) is 11.1. The van der Waals surface area contributed by atoms with Crippen molar-refractivity contribution in [2.45, 2.75) is 44.7 Å². The van der Waals surface area contributed by atoms with Crippen molar-refractivity contribution in [2.24, 2.45) is 21.5 Å². The number of rotatable bonds is 1. The average Bonchev–Trinajstić information content (AvgIpc) is 2.94. The molecule has 4 N–H and O–H groups in total. The number of guanidine groups is 2. The van der Waals surface area contributed by atoms with Crippen LogP contribution >= 0.6 is 11.7 Å². The maximum atomic E-state index is 6.28. The molecule has 1 aliphatic carbocycles. The third-order valence-electron chi connectivity index (χ3n) is 4.66. The fraction of sp³-hybridized carbons (Fsp3) is 0.467. The lowest BCUT2D eigenvalue weighted by Gasteiger charge is -2.46. The Labute approximate surface area is 138 Å². The topological polar surface area (TPSA) is 106 Å². The first kappa shape index (κ1) is 14.4. The van der Waals surface area contributed by atoms with E-state index in [-0.39, 0.29) is 5.96 Å². The molecule has 2 heterocycles. The van der Waals surface area contributed by atoms with Gasteiger partial charge in [-0.3, -0.25) is 4.90 Å². The summed E-state index contributed by atoms with van der Waals surface area (Å²) in [5, 5.41) is 0. The number of fused-ring (bicyclic) bond motifs is 1. The van der Waals surface area contributed by atoms with Crippen molar-refractivity contribution >= 4 is 40.4 Å². The highest BCUT2D eigenvalue weighted by Gasteiger charge is 2.43. The van der Waals surface area contributed by atoms with Crippen LogP contribution in [0.4, 0.5) is 5.69 Å². The van der Waals surface area contributed by atoms with Crippen molar-refractivity contribution in [3.05, 3.63) is 17.7 Å². The predicted molar refractivity (Wildman–Crippen MR) is 93.7 cm³/mol. The molecule has 0 radical (unpaired) electrons. The van der Waals surface area contributed by atoms with E-state index in [1.54, 1.807) is 0 Å². The Bertz CT molecular complexity index is 816. The molecule has 7 nitrogen and oxygen atoms in total. The van der Waals surface area contributed by atoms with Crippen molar-refractivity contribution in [1.82, 2.24) is 8.75 Å². The van der Waals surface area contributed by atoms with E-state index in [9.17, 15) is 0 Å². The van der Waals surface area contributed by atoms with E-state index >= 15 is 0 Å². The molecule has 1 saturated carbocycles. The monoisotopic (exact) mass is 329 g/mol. The van der Waals surface area contributed by atoms with Crippen LogP contribution in [-0.4, -0.2) is 26.3 Å². The second-order valence-corrected chi connectivity index (χ2v) is 6.74. The Morgan fingerprint density at radius 2 is 1.78 bits per heavy atom. The van der Waals surface area contributed by atoms with Crippen LogP contribution in [0.2, 0.25) is 0 Å². The molecule has 2 aliphatic rings. The minimum absolute atomic E-state index is 0.273. The summed E-state index contributed by atoms with van der Waals surface area (Å²) in [4.78, 5) is 11.0. The van der Waals surface area contributed by atoms with Crippen molar-refractivity contribution in [1.29, 1.82) is 0 Å². The van der Waals surface area contributed by atoms with Crippen molar-refractivity contribution < 1.29 is 0 Å². The molecule has 0 saturated heterocycles. The van der Waals surface area contributed by atoms with Gasteiger partial charge in [-0.1, -0.05) is 6.42 Å². The number of aliphatic imine (C=N–C) groups is 2. The Morgan fingerprint density at radius 1 is 1.09 bits per heavy atom. The van der Waals surface area contributed by atoms with Crippen molar-refractivity contribution in [2.75, 3.05) is 4.90 Å². The first-order valence-electron chi connectivity index (χ1n) is 7.82. The summed E-state index contributed by atoms with van der Waals surface area (Å²) in [6.07, 6.45) is 5.30. The number of aryl methyl sites for hydroxylation is 1. The van der Waals surface area contributed by atoms with E-state index < -0.39 is 5.66 Å². The highest BCUT2D eigenvalue weighted by atomic mass is 32.1. The van der Waals surface area contributed by atoms with Gasteiger partial charge in [0, 0.05) is 0 Å². The second-order valence-electron chi connectivity index (χ2n) is 6.21. The van der Waals surface area contributed by atoms with E-state index in [0.717, 1.165) is 48.0 Å². The molecule has 0 bridgehead atoms. The quantitative estimate of drug-likeness (QED) is 0.833. The lowest BCUT2D eigenvalue weighted by atomic mass is 9.87. The third-order valence-corrected chi connectivity index (χ3v) is 5.22. The molecule has 2 aromatic rings. The molecular weight excluding hydrogens is 310 g/mol. The van der Waals surface area contributed by atoms with Crippen LogP contribution in [-0.2, 0) is 0 Å². The number of benzene rings is 1. The lowest BCUT2D eigenvalue weighted by molar-refractivity contribution is 0.305. The first-order valence-corrected chi connectivity index (χ1v) is 8.55. The van der Waals surface area contributed by atoms with Gasteiger partial charge in [0.2, 0.25) is 11.9 Å². The number of aromatic nitrogens is 2. The van der Waals surface area contributed by atoms with Gasteiger partial charge in [-0.2, -0.15) is 13.7 Å². The standard InChI is InChI=1S/C15H19N7S/c1-9-7-10-11(21-23-20-10)8-12(9)22-14(17)18-13(16)19-15(22)5-3-2-4-6-15/h7-8H,2-6H2,1H3,(H4,16,17,18,19). The number of hydrogen-bond acceptors (Lipinski definition) is 8. The normalized spacial score (nSPS) is 20.7. The summed E-state index contributed by atoms with van der Waals surface area (Å²) in [6, 6.07) is 4.07. The van der Waals surface area contributed by atoms with Gasteiger partial charge < -0.3 is 11.5 Å². The molecular formula is C15H19N7S. The molecule has 0 amide bonds. The molecule has 120 valence electrons. The van der Waals surface area contributed by atoms with Crippen LogP contribution < -0.4 is 16.4 Å². The van der Waals surface area contributed by atoms with Crippen molar-refractivity contribution in [3.63, 3.8) is 0 Å². The van der Waals surface area contributed by atoms with E-state index in [4.69, 9.17) is 16.5 Å². The zero-order valence-corrected chi connectivity index (χ0v) is 13.8. The predicted octanol–water partition coefficient (Wildman–Crippen LogP) is 2.11. The van der Waals surface area contributed by atoms with Gasteiger partial charge in [0.1, 0.15) is 16.7 Å². The number of hydrogen-bond donors (Lipinski definition) is 2. The van der Waals surface area contributed by atoms with Crippen LogP contribution in [0.25, 0.3) is 11.0 Å². The Hall–Kier alpha value is -2.22. The average molecular weight is 329 g/mol. The molecule has 1 aromatic carbocycles. The smallest absolute Gasteiger partial charge is 0.220 e. The minimum Gasteiger partial charge on any atom is -0.369 e.